The summed E-state index contributed by atoms with van der Waals surface area (Å²) in [7, 11) is 0. The molecule has 1 aromatic carbocycles. The van der Waals surface area contributed by atoms with Crippen LogP contribution < -0.4 is 5.32 Å². The van der Waals surface area contributed by atoms with E-state index in [4.69, 9.17) is 4.74 Å². The van der Waals surface area contributed by atoms with E-state index in [0.29, 0.717) is 0 Å². The molecule has 1 N–H and O–H groups in total. The molecular formula is C11H13FN2O4. The lowest BCUT2D eigenvalue weighted by atomic mass is 10.2. The molecule has 0 fully saturated rings. The number of benzene rings is 1. The zero-order chi connectivity index (χ0) is 13.7. The number of ether oxygens (including phenoxy) is 1. The normalized spacial score (nSPS) is 10.4. The molecule has 0 unspecified atom stereocenters. The molecule has 1 amide bonds. The molecule has 0 spiro atoms. The second kappa shape index (κ2) is 6.06. The topological polar surface area (TPSA) is 81.5 Å². The SMILES string of the molecule is CC(C)OCC(=O)Nc1ccc(F)c([N+](=O)[O-])c1. The highest BCUT2D eigenvalue weighted by Crippen LogP contribution is 2.21. The van der Waals surface area contributed by atoms with Gasteiger partial charge in [0.25, 0.3) is 0 Å². The Bertz CT molecular complexity index is 462. The fourth-order valence-corrected chi connectivity index (χ4v) is 1.17. The van der Waals surface area contributed by atoms with Crippen LogP contribution in [0, 0.1) is 15.9 Å². The number of anilines is 1. The molecule has 7 heteroatoms. The highest BCUT2D eigenvalue weighted by atomic mass is 19.1. The molecule has 0 heterocycles. The lowest BCUT2D eigenvalue weighted by Crippen LogP contribution is -2.20. The fourth-order valence-electron chi connectivity index (χ4n) is 1.17. The van der Waals surface area contributed by atoms with Gasteiger partial charge in [-0.2, -0.15) is 4.39 Å². The summed E-state index contributed by atoms with van der Waals surface area (Å²) < 4.78 is 18.1. The van der Waals surface area contributed by atoms with Crippen LogP contribution in [0.5, 0.6) is 0 Å². The minimum atomic E-state index is -0.948. The van der Waals surface area contributed by atoms with E-state index in [9.17, 15) is 19.3 Å². The number of nitrogens with one attached hydrogen (secondary N) is 1. The molecule has 0 aliphatic heterocycles. The summed E-state index contributed by atoms with van der Waals surface area (Å²) in [6.45, 7) is 3.38. The Balaban J connectivity index is 2.70. The standard InChI is InChI=1S/C11H13FN2O4/c1-7(2)18-6-11(15)13-8-3-4-9(12)10(5-8)14(16)17/h3-5,7H,6H2,1-2H3,(H,13,15). The molecule has 6 nitrogen and oxygen atoms in total. The zero-order valence-corrected chi connectivity index (χ0v) is 9.97. The minimum Gasteiger partial charge on any atom is -0.369 e. The highest BCUT2D eigenvalue weighted by Gasteiger charge is 2.15. The van der Waals surface area contributed by atoms with Crippen molar-refractivity contribution in [3.05, 3.63) is 34.1 Å². The van der Waals surface area contributed by atoms with Gasteiger partial charge in [-0.25, -0.2) is 0 Å². The van der Waals surface area contributed by atoms with Gasteiger partial charge in [0, 0.05) is 11.8 Å². The number of amides is 1. The van der Waals surface area contributed by atoms with Gasteiger partial charge in [-0.15, -0.1) is 0 Å². The summed E-state index contributed by atoms with van der Waals surface area (Å²) in [5.74, 6) is -1.40. The summed E-state index contributed by atoms with van der Waals surface area (Å²) in [6, 6.07) is 3.13. The van der Waals surface area contributed by atoms with Crippen molar-refractivity contribution in [1.29, 1.82) is 0 Å². The van der Waals surface area contributed by atoms with Gasteiger partial charge in [0.05, 0.1) is 11.0 Å². The van der Waals surface area contributed by atoms with Crippen LogP contribution in [0.1, 0.15) is 13.8 Å². The molecule has 0 aromatic heterocycles. The van der Waals surface area contributed by atoms with Crippen molar-refractivity contribution in [3.8, 4) is 0 Å². The average molecular weight is 256 g/mol. The number of carbonyl (C=O) groups excluding carboxylic acids is 1. The van der Waals surface area contributed by atoms with Crippen LogP contribution in [0.25, 0.3) is 0 Å². The molecule has 0 aliphatic carbocycles. The van der Waals surface area contributed by atoms with Crippen LogP contribution in [0.4, 0.5) is 15.8 Å². The number of hydrogen-bond acceptors (Lipinski definition) is 4. The summed E-state index contributed by atoms with van der Waals surface area (Å²) in [5.41, 5.74) is -0.530. The third-order valence-corrected chi connectivity index (χ3v) is 1.97. The van der Waals surface area contributed by atoms with Gasteiger partial charge in [0.1, 0.15) is 6.61 Å². The number of rotatable bonds is 5. The average Bonchev–Trinajstić information content (AvgIpc) is 2.28. The maximum atomic E-state index is 13.0. The van der Waals surface area contributed by atoms with Gasteiger partial charge in [-0.3, -0.25) is 14.9 Å². The van der Waals surface area contributed by atoms with E-state index in [-0.39, 0.29) is 18.4 Å². The number of nitrogens with zero attached hydrogens (tertiary/aromatic N) is 1. The fraction of sp³-hybridized carbons (Fsp3) is 0.364. The largest absolute Gasteiger partial charge is 0.369 e. The molecule has 98 valence electrons. The van der Waals surface area contributed by atoms with E-state index in [1.807, 2.05) is 0 Å². The van der Waals surface area contributed by atoms with Gasteiger partial charge < -0.3 is 10.1 Å². The Morgan fingerprint density at radius 2 is 2.22 bits per heavy atom. The molecular weight excluding hydrogens is 243 g/mol. The van der Waals surface area contributed by atoms with E-state index >= 15 is 0 Å². The zero-order valence-electron chi connectivity index (χ0n) is 9.97. The first kappa shape index (κ1) is 14.0. The second-order valence-corrected chi connectivity index (χ2v) is 3.83. The lowest BCUT2D eigenvalue weighted by Gasteiger charge is -2.08. The van der Waals surface area contributed by atoms with Gasteiger partial charge in [0.2, 0.25) is 11.7 Å². The van der Waals surface area contributed by atoms with Crippen molar-refractivity contribution in [2.75, 3.05) is 11.9 Å². The maximum absolute atomic E-state index is 13.0. The van der Waals surface area contributed by atoms with Crippen molar-refractivity contribution in [1.82, 2.24) is 0 Å². The van der Waals surface area contributed by atoms with Crippen LogP contribution in [-0.2, 0) is 9.53 Å². The second-order valence-electron chi connectivity index (χ2n) is 3.83. The lowest BCUT2D eigenvalue weighted by molar-refractivity contribution is -0.387. The predicted octanol–water partition coefficient (Wildman–Crippen LogP) is 2.10. The maximum Gasteiger partial charge on any atom is 0.306 e. The molecule has 0 aliphatic rings. The summed E-state index contributed by atoms with van der Waals surface area (Å²) in [5, 5.41) is 12.9. The van der Waals surface area contributed by atoms with Crippen molar-refractivity contribution in [3.63, 3.8) is 0 Å². The molecule has 1 rings (SSSR count). The van der Waals surface area contributed by atoms with Crippen LogP contribution in [0.2, 0.25) is 0 Å². The van der Waals surface area contributed by atoms with Gasteiger partial charge in [-0.05, 0) is 26.0 Å². The Morgan fingerprint density at radius 3 is 2.78 bits per heavy atom. The van der Waals surface area contributed by atoms with E-state index in [0.717, 1.165) is 12.1 Å². The third-order valence-electron chi connectivity index (χ3n) is 1.97. The van der Waals surface area contributed by atoms with Crippen LogP contribution in [0.15, 0.2) is 18.2 Å². The number of halogens is 1. The molecule has 0 saturated heterocycles. The molecule has 0 atom stereocenters. The molecule has 0 radical (unpaired) electrons. The molecule has 1 aromatic rings. The minimum absolute atomic E-state index is 0.0988. The quantitative estimate of drug-likeness (QED) is 0.646. The summed E-state index contributed by atoms with van der Waals surface area (Å²) in [6.07, 6.45) is -0.0988. The molecule has 0 saturated carbocycles. The van der Waals surface area contributed by atoms with E-state index in [2.05, 4.69) is 5.32 Å². The van der Waals surface area contributed by atoms with Gasteiger partial charge >= 0.3 is 5.69 Å². The van der Waals surface area contributed by atoms with Crippen LogP contribution in [0.3, 0.4) is 0 Å². The number of carbonyl (C=O) groups is 1. The van der Waals surface area contributed by atoms with E-state index < -0.39 is 22.3 Å². The highest BCUT2D eigenvalue weighted by molar-refractivity contribution is 5.92. The predicted molar refractivity (Wildman–Crippen MR) is 62.8 cm³/mol. The summed E-state index contributed by atoms with van der Waals surface area (Å²) in [4.78, 5) is 21.0. The molecule has 0 bridgehead atoms. The Labute approximate surface area is 103 Å². The van der Waals surface area contributed by atoms with E-state index in [1.165, 1.54) is 6.07 Å². The van der Waals surface area contributed by atoms with Crippen molar-refractivity contribution in [2.45, 2.75) is 20.0 Å². The first-order chi connectivity index (χ1) is 8.40. The first-order valence-corrected chi connectivity index (χ1v) is 5.25. The van der Waals surface area contributed by atoms with Crippen LogP contribution >= 0.6 is 0 Å². The summed E-state index contributed by atoms with van der Waals surface area (Å²) >= 11 is 0. The van der Waals surface area contributed by atoms with Gasteiger partial charge in [-0.1, -0.05) is 0 Å². The molecule has 18 heavy (non-hydrogen) atoms. The number of nitro groups is 1. The van der Waals surface area contributed by atoms with Crippen molar-refractivity contribution >= 4 is 17.3 Å². The van der Waals surface area contributed by atoms with Gasteiger partial charge in [0.15, 0.2) is 0 Å². The van der Waals surface area contributed by atoms with Crippen molar-refractivity contribution in [2.24, 2.45) is 0 Å². The Hall–Kier alpha value is -2.02. The first-order valence-electron chi connectivity index (χ1n) is 5.25. The number of hydrogen-bond donors (Lipinski definition) is 1. The van der Waals surface area contributed by atoms with E-state index in [1.54, 1.807) is 13.8 Å². The monoisotopic (exact) mass is 256 g/mol. The smallest absolute Gasteiger partial charge is 0.306 e. The Kier molecular flexibility index (Phi) is 4.73. The Morgan fingerprint density at radius 1 is 1.56 bits per heavy atom. The third kappa shape index (κ3) is 4.10. The van der Waals surface area contributed by atoms with Crippen LogP contribution in [-0.4, -0.2) is 23.5 Å². The van der Waals surface area contributed by atoms with Crippen molar-refractivity contribution < 1.29 is 18.8 Å². The number of nitro benzene ring substituents is 1.